The van der Waals surface area contributed by atoms with Gasteiger partial charge in [-0.05, 0) is 25.1 Å². The van der Waals surface area contributed by atoms with E-state index in [-0.39, 0.29) is 16.9 Å². The zero-order valence-electron chi connectivity index (χ0n) is 13.7. The molecule has 132 valence electrons. The molecule has 24 heavy (non-hydrogen) atoms. The third kappa shape index (κ3) is 3.61. The smallest absolute Gasteiger partial charge is 0.254 e. The van der Waals surface area contributed by atoms with Gasteiger partial charge in [0.25, 0.3) is 5.91 Å². The van der Waals surface area contributed by atoms with E-state index in [9.17, 15) is 13.2 Å². The lowest BCUT2D eigenvalue weighted by molar-refractivity contribution is -0.0124. The van der Waals surface area contributed by atoms with E-state index < -0.39 is 10.0 Å². The molecule has 1 aromatic rings. The average Bonchev–Trinajstić information content (AvgIpc) is 2.62. The van der Waals surface area contributed by atoms with Crippen molar-refractivity contribution in [3.05, 3.63) is 29.8 Å². The molecule has 1 aromatic carbocycles. The quantitative estimate of drug-likeness (QED) is 0.793. The summed E-state index contributed by atoms with van der Waals surface area (Å²) in [6, 6.07) is 6.27. The number of morpholine rings is 2. The SMILES string of the molecule is C[C@H]1CN(C(=O)c2cccc(S(=O)(=O)N3CCOCC3)c2)CCO1. The van der Waals surface area contributed by atoms with Crippen molar-refractivity contribution in [2.75, 3.05) is 46.0 Å². The molecule has 2 heterocycles. The standard InChI is InChI=1S/C16H22N2O5S/c1-13-12-17(5-10-23-13)16(19)14-3-2-4-15(11-14)24(20,21)18-6-8-22-9-7-18/h2-4,11,13H,5-10,12H2,1H3/t13-/m0/s1. The van der Waals surface area contributed by atoms with Gasteiger partial charge in [-0.15, -0.1) is 0 Å². The predicted octanol–water partition coefficient (Wildman–Crippen LogP) is 0.568. The van der Waals surface area contributed by atoms with Gasteiger partial charge in [-0.25, -0.2) is 8.42 Å². The summed E-state index contributed by atoms with van der Waals surface area (Å²) in [5, 5.41) is 0. The van der Waals surface area contributed by atoms with Crippen LogP contribution in [0.5, 0.6) is 0 Å². The molecular weight excluding hydrogens is 332 g/mol. The van der Waals surface area contributed by atoms with Crippen molar-refractivity contribution < 1.29 is 22.7 Å². The van der Waals surface area contributed by atoms with Crippen LogP contribution < -0.4 is 0 Å². The van der Waals surface area contributed by atoms with Crippen LogP contribution in [-0.4, -0.2) is 75.6 Å². The summed E-state index contributed by atoms with van der Waals surface area (Å²) >= 11 is 0. The molecular formula is C16H22N2O5S. The van der Waals surface area contributed by atoms with E-state index in [1.54, 1.807) is 17.0 Å². The number of carbonyl (C=O) groups excluding carboxylic acids is 1. The van der Waals surface area contributed by atoms with Crippen molar-refractivity contribution in [2.24, 2.45) is 0 Å². The molecule has 0 bridgehead atoms. The van der Waals surface area contributed by atoms with Crippen molar-refractivity contribution in [1.82, 2.24) is 9.21 Å². The van der Waals surface area contributed by atoms with Crippen LogP contribution >= 0.6 is 0 Å². The number of hydrogen-bond acceptors (Lipinski definition) is 5. The molecule has 0 unspecified atom stereocenters. The second kappa shape index (κ2) is 7.18. The van der Waals surface area contributed by atoms with E-state index in [0.717, 1.165) is 0 Å². The molecule has 3 rings (SSSR count). The number of carbonyl (C=O) groups is 1. The molecule has 0 N–H and O–H groups in total. The lowest BCUT2D eigenvalue weighted by atomic mass is 10.2. The lowest BCUT2D eigenvalue weighted by Crippen LogP contribution is -2.44. The molecule has 2 saturated heterocycles. The molecule has 0 aromatic heterocycles. The van der Waals surface area contributed by atoms with Crippen molar-refractivity contribution in [1.29, 1.82) is 0 Å². The van der Waals surface area contributed by atoms with Crippen LogP contribution in [0.3, 0.4) is 0 Å². The van der Waals surface area contributed by atoms with Gasteiger partial charge in [-0.1, -0.05) is 6.07 Å². The van der Waals surface area contributed by atoms with Gasteiger partial charge in [0.2, 0.25) is 10.0 Å². The second-order valence-electron chi connectivity index (χ2n) is 5.98. The highest BCUT2D eigenvalue weighted by Crippen LogP contribution is 2.20. The van der Waals surface area contributed by atoms with Crippen LogP contribution in [0.15, 0.2) is 29.2 Å². The fraction of sp³-hybridized carbons (Fsp3) is 0.562. The van der Waals surface area contributed by atoms with Gasteiger partial charge in [0.1, 0.15) is 0 Å². The summed E-state index contributed by atoms with van der Waals surface area (Å²) in [6.07, 6.45) is -0.0111. The fourth-order valence-corrected chi connectivity index (χ4v) is 4.37. The molecule has 0 spiro atoms. The van der Waals surface area contributed by atoms with Crippen molar-refractivity contribution in [3.8, 4) is 0 Å². The summed E-state index contributed by atoms with van der Waals surface area (Å²) in [5.41, 5.74) is 0.387. The number of ether oxygens (including phenoxy) is 2. The number of sulfonamides is 1. The number of amides is 1. The Kier molecular flexibility index (Phi) is 5.19. The van der Waals surface area contributed by atoms with E-state index >= 15 is 0 Å². The zero-order valence-corrected chi connectivity index (χ0v) is 14.5. The first-order valence-electron chi connectivity index (χ1n) is 8.07. The maximum Gasteiger partial charge on any atom is 0.254 e. The zero-order chi connectivity index (χ0) is 17.2. The molecule has 0 saturated carbocycles. The van der Waals surface area contributed by atoms with E-state index in [1.165, 1.54) is 16.4 Å². The van der Waals surface area contributed by atoms with Crippen molar-refractivity contribution in [3.63, 3.8) is 0 Å². The highest BCUT2D eigenvalue weighted by molar-refractivity contribution is 7.89. The van der Waals surface area contributed by atoms with E-state index in [4.69, 9.17) is 9.47 Å². The molecule has 7 nitrogen and oxygen atoms in total. The Labute approximate surface area is 142 Å². The third-order valence-corrected chi connectivity index (χ3v) is 6.11. The summed E-state index contributed by atoms with van der Waals surface area (Å²) in [7, 11) is -3.60. The van der Waals surface area contributed by atoms with Gasteiger partial charge in [0, 0.05) is 31.7 Å². The van der Waals surface area contributed by atoms with Crippen LogP contribution in [0.1, 0.15) is 17.3 Å². The van der Waals surface area contributed by atoms with E-state index in [0.29, 0.717) is 51.6 Å². The molecule has 0 radical (unpaired) electrons. The number of hydrogen-bond donors (Lipinski definition) is 0. The number of nitrogens with zero attached hydrogens (tertiary/aromatic N) is 2. The fourth-order valence-electron chi connectivity index (χ4n) is 2.91. The molecule has 2 fully saturated rings. The van der Waals surface area contributed by atoms with Crippen LogP contribution in [0.4, 0.5) is 0 Å². The van der Waals surface area contributed by atoms with Gasteiger partial charge in [-0.3, -0.25) is 4.79 Å². The lowest BCUT2D eigenvalue weighted by Gasteiger charge is -2.31. The Morgan fingerprint density at radius 2 is 1.92 bits per heavy atom. The van der Waals surface area contributed by atoms with E-state index in [2.05, 4.69) is 0 Å². The van der Waals surface area contributed by atoms with Gasteiger partial charge in [-0.2, -0.15) is 4.31 Å². The Balaban J connectivity index is 1.82. The molecule has 2 aliphatic rings. The monoisotopic (exact) mass is 354 g/mol. The van der Waals surface area contributed by atoms with Crippen LogP contribution in [0.25, 0.3) is 0 Å². The van der Waals surface area contributed by atoms with Gasteiger partial charge < -0.3 is 14.4 Å². The van der Waals surface area contributed by atoms with Gasteiger partial charge in [0.05, 0.1) is 30.8 Å². The van der Waals surface area contributed by atoms with Crippen LogP contribution in [0.2, 0.25) is 0 Å². The van der Waals surface area contributed by atoms with Crippen LogP contribution in [0, 0.1) is 0 Å². The minimum absolute atomic E-state index is 0.0111. The molecule has 2 aliphatic heterocycles. The van der Waals surface area contributed by atoms with E-state index in [1.807, 2.05) is 6.92 Å². The maximum atomic E-state index is 12.7. The highest BCUT2D eigenvalue weighted by atomic mass is 32.2. The first kappa shape index (κ1) is 17.3. The number of benzene rings is 1. The first-order valence-corrected chi connectivity index (χ1v) is 9.51. The van der Waals surface area contributed by atoms with Gasteiger partial charge >= 0.3 is 0 Å². The Bertz CT molecular complexity index is 700. The first-order chi connectivity index (χ1) is 11.5. The number of rotatable bonds is 3. The van der Waals surface area contributed by atoms with Crippen molar-refractivity contribution >= 4 is 15.9 Å². The van der Waals surface area contributed by atoms with Crippen LogP contribution in [-0.2, 0) is 19.5 Å². The topological polar surface area (TPSA) is 76.2 Å². The molecule has 1 amide bonds. The largest absolute Gasteiger partial charge is 0.379 e. The summed E-state index contributed by atoms with van der Waals surface area (Å²) < 4.78 is 37.5. The van der Waals surface area contributed by atoms with Gasteiger partial charge in [0.15, 0.2) is 0 Å². The Morgan fingerprint density at radius 1 is 1.17 bits per heavy atom. The minimum Gasteiger partial charge on any atom is -0.379 e. The molecule has 1 atom stereocenters. The average molecular weight is 354 g/mol. The molecule has 0 aliphatic carbocycles. The summed E-state index contributed by atoms with van der Waals surface area (Å²) in [5.74, 6) is -0.163. The predicted molar refractivity (Wildman–Crippen MR) is 87.3 cm³/mol. The normalized spacial score (nSPS) is 23.2. The van der Waals surface area contributed by atoms with Crippen molar-refractivity contribution in [2.45, 2.75) is 17.9 Å². The highest BCUT2D eigenvalue weighted by Gasteiger charge is 2.28. The Morgan fingerprint density at radius 3 is 2.62 bits per heavy atom. The molecule has 8 heteroatoms. The minimum atomic E-state index is -3.60. The maximum absolute atomic E-state index is 12.7. The summed E-state index contributed by atoms with van der Waals surface area (Å²) in [4.78, 5) is 14.5. The Hall–Kier alpha value is -1.48. The second-order valence-corrected chi connectivity index (χ2v) is 7.91. The third-order valence-electron chi connectivity index (χ3n) is 4.22. The summed E-state index contributed by atoms with van der Waals surface area (Å²) in [6.45, 7) is 4.90.